The summed E-state index contributed by atoms with van der Waals surface area (Å²) in [5, 5.41) is 11.6. The van der Waals surface area contributed by atoms with Crippen molar-refractivity contribution >= 4 is 5.84 Å². The van der Waals surface area contributed by atoms with E-state index in [0.717, 1.165) is 5.75 Å². The van der Waals surface area contributed by atoms with Gasteiger partial charge in [-0.15, -0.1) is 0 Å². The van der Waals surface area contributed by atoms with Crippen LogP contribution < -0.4 is 10.5 Å². The molecule has 1 rings (SSSR count). The summed E-state index contributed by atoms with van der Waals surface area (Å²) in [6.07, 6.45) is 0.268. The van der Waals surface area contributed by atoms with Crippen molar-refractivity contribution in [1.29, 1.82) is 0 Å². The number of rotatable bonds is 5. The van der Waals surface area contributed by atoms with Crippen molar-refractivity contribution in [1.82, 2.24) is 0 Å². The fourth-order valence-corrected chi connectivity index (χ4v) is 1.53. The summed E-state index contributed by atoms with van der Waals surface area (Å²) in [5.41, 5.74) is 6.75. The molecule has 0 bridgehead atoms. The first-order chi connectivity index (χ1) is 8.08. The molecule has 0 aliphatic rings. The van der Waals surface area contributed by atoms with Crippen molar-refractivity contribution in [3.8, 4) is 5.75 Å². The maximum Gasteiger partial charge on any atom is 0.180 e. The molecule has 3 N–H and O–H groups in total. The molecular weight excluding hydrogens is 216 g/mol. The number of oxime groups is 1. The summed E-state index contributed by atoms with van der Waals surface area (Å²) in [4.78, 5) is 0. The van der Waals surface area contributed by atoms with Gasteiger partial charge in [-0.05, 0) is 30.0 Å². The minimum Gasteiger partial charge on any atom is -0.482 e. The number of nitrogens with zero attached hydrogens (tertiary/aromatic N) is 1. The topological polar surface area (TPSA) is 67.8 Å². The SMILES string of the molecule is CCC(Oc1cccc(C(C)C)c1)C(N)=NO. The van der Waals surface area contributed by atoms with Crippen LogP contribution in [0.1, 0.15) is 38.7 Å². The monoisotopic (exact) mass is 236 g/mol. The van der Waals surface area contributed by atoms with Gasteiger partial charge in [-0.2, -0.15) is 0 Å². The molecule has 0 amide bonds. The summed E-state index contributed by atoms with van der Waals surface area (Å²) in [6.45, 7) is 6.18. The van der Waals surface area contributed by atoms with Gasteiger partial charge in [-0.25, -0.2) is 0 Å². The normalized spacial score (nSPS) is 13.8. The van der Waals surface area contributed by atoms with Crippen LogP contribution in [-0.4, -0.2) is 17.1 Å². The van der Waals surface area contributed by atoms with Crippen LogP contribution in [0.5, 0.6) is 5.75 Å². The van der Waals surface area contributed by atoms with Gasteiger partial charge in [-0.3, -0.25) is 0 Å². The molecule has 0 aliphatic heterocycles. The van der Waals surface area contributed by atoms with E-state index >= 15 is 0 Å². The Kier molecular flexibility index (Phi) is 4.82. The molecule has 0 spiro atoms. The van der Waals surface area contributed by atoms with E-state index in [1.165, 1.54) is 5.56 Å². The molecule has 4 nitrogen and oxygen atoms in total. The average molecular weight is 236 g/mol. The number of hydrogen-bond acceptors (Lipinski definition) is 3. The predicted octanol–water partition coefficient (Wildman–Crippen LogP) is 2.71. The molecule has 1 unspecified atom stereocenters. The maximum absolute atomic E-state index is 8.64. The van der Waals surface area contributed by atoms with Gasteiger partial charge in [0, 0.05) is 0 Å². The fourth-order valence-electron chi connectivity index (χ4n) is 1.53. The number of hydrogen-bond donors (Lipinski definition) is 2. The first kappa shape index (κ1) is 13.4. The highest BCUT2D eigenvalue weighted by molar-refractivity contribution is 5.84. The number of nitrogens with two attached hydrogens (primary N) is 1. The first-order valence-corrected chi connectivity index (χ1v) is 5.82. The van der Waals surface area contributed by atoms with Gasteiger partial charge in [0.2, 0.25) is 0 Å². The molecular formula is C13H20N2O2. The summed E-state index contributed by atoms with van der Waals surface area (Å²) >= 11 is 0. The van der Waals surface area contributed by atoms with E-state index in [1.54, 1.807) is 0 Å². The molecule has 1 aromatic rings. The van der Waals surface area contributed by atoms with Crippen molar-refractivity contribution in [2.45, 2.75) is 39.2 Å². The third kappa shape index (κ3) is 3.66. The largest absolute Gasteiger partial charge is 0.482 e. The molecule has 4 heteroatoms. The predicted molar refractivity (Wildman–Crippen MR) is 68.6 cm³/mol. The summed E-state index contributed by atoms with van der Waals surface area (Å²) in [6, 6.07) is 7.86. The number of ether oxygens (including phenoxy) is 1. The van der Waals surface area contributed by atoms with Gasteiger partial charge in [-0.1, -0.05) is 38.1 Å². The smallest absolute Gasteiger partial charge is 0.180 e. The van der Waals surface area contributed by atoms with Gasteiger partial charge < -0.3 is 15.7 Å². The van der Waals surface area contributed by atoms with E-state index in [0.29, 0.717) is 12.3 Å². The van der Waals surface area contributed by atoms with Gasteiger partial charge in [0.15, 0.2) is 11.9 Å². The van der Waals surface area contributed by atoms with E-state index in [4.69, 9.17) is 15.7 Å². The standard InChI is InChI=1S/C13H20N2O2/c1-4-12(13(14)15-16)17-11-7-5-6-10(8-11)9(2)3/h5-9,12,16H,4H2,1-3H3,(H2,14,15). The zero-order valence-corrected chi connectivity index (χ0v) is 10.6. The van der Waals surface area contributed by atoms with Gasteiger partial charge in [0.1, 0.15) is 5.75 Å². The maximum atomic E-state index is 8.64. The second-order valence-electron chi connectivity index (χ2n) is 4.27. The van der Waals surface area contributed by atoms with Crippen LogP contribution in [0.3, 0.4) is 0 Å². The molecule has 0 aromatic heterocycles. The number of amidine groups is 1. The Morgan fingerprint density at radius 3 is 2.71 bits per heavy atom. The Balaban J connectivity index is 2.83. The third-order valence-corrected chi connectivity index (χ3v) is 2.62. The second-order valence-corrected chi connectivity index (χ2v) is 4.27. The van der Waals surface area contributed by atoms with E-state index < -0.39 is 0 Å². The molecule has 0 heterocycles. The Morgan fingerprint density at radius 2 is 2.18 bits per heavy atom. The van der Waals surface area contributed by atoms with Gasteiger partial charge >= 0.3 is 0 Å². The first-order valence-electron chi connectivity index (χ1n) is 5.82. The molecule has 0 fully saturated rings. The Hall–Kier alpha value is -1.71. The zero-order valence-electron chi connectivity index (χ0n) is 10.6. The quantitative estimate of drug-likeness (QED) is 0.357. The van der Waals surface area contributed by atoms with Crippen molar-refractivity contribution in [2.75, 3.05) is 0 Å². The van der Waals surface area contributed by atoms with Crippen LogP contribution >= 0.6 is 0 Å². The van der Waals surface area contributed by atoms with E-state index in [9.17, 15) is 0 Å². The van der Waals surface area contributed by atoms with Gasteiger partial charge in [0.05, 0.1) is 0 Å². The second kappa shape index (κ2) is 6.13. The highest BCUT2D eigenvalue weighted by atomic mass is 16.5. The van der Waals surface area contributed by atoms with Crippen molar-refractivity contribution in [2.24, 2.45) is 10.9 Å². The van der Waals surface area contributed by atoms with Crippen LogP contribution in [0.15, 0.2) is 29.4 Å². The Labute approximate surface area is 102 Å². The van der Waals surface area contributed by atoms with Crippen molar-refractivity contribution in [3.63, 3.8) is 0 Å². The van der Waals surface area contributed by atoms with E-state index in [1.807, 2.05) is 25.1 Å². The Morgan fingerprint density at radius 1 is 1.47 bits per heavy atom. The number of benzene rings is 1. The Bertz CT molecular complexity index is 389. The third-order valence-electron chi connectivity index (χ3n) is 2.62. The van der Waals surface area contributed by atoms with Crippen molar-refractivity contribution in [3.05, 3.63) is 29.8 Å². The summed E-state index contributed by atoms with van der Waals surface area (Å²) in [7, 11) is 0. The van der Waals surface area contributed by atoms with Crippen LogP contribution in [0.2, 0.25) is 0 Å². The van der Waals surface area contributed by atoms with E-state index in [-0.39, 0.29) is 11.9 Å². The van der Waals surface area contributed by atoms with E-state index in [2.05, 4.69) is 25.1 Å². The van der Waals surface area contributed by atoms with Gasteiger partial charge in [0.25, 0.3) is 0 Å². The lowest BCUT2D eigenvalue weighted by atomic mass is 10.0. The van der Waals surface area contributed by atoms with Crippen molar-refractivity contribution < 1.29 is 9.94 Å². The summed E-state index contributed by atoms with van der Waals surface area (Å²) in [5.74, 6) is 1.29. The van der Waals surface area contributed by atoms with Crippen LogP contribution in [0.25, 0.3) is 0 Å². The lowest BCUT2D eigenvalue weighted by molar-refractivity contribution is 0.246. The molecule has 94 valence electrons. The molecule has 17 heavy (non-hydrogen) atoms. The molecule has 1 atom stereocenters. The molecule has 0 aliphatic carbocycles. The highest BCUT2D eigenvalue weighted by Gasteiger charge is 2.13. The molecule has 0 saturated carbocycles. The minimum absolute atomic E-state index is 0.0995. The summed E-state index contributed by atoms with van der Waals surface area (Å²) < 4.78 is 5.69. The lowest BCUT2D eigenvalue weighted by Crippen LogP contribution is -2.33. The molecule has 0 saturated heterocycles. The zero-order chi connectivity index (χ0) is 12.8. The lowest BCUT2D eigenvalue weighted by Gasteiger charge is -2.17. The van der Waals surface area contributed by atoms with Crippen LogP contribution in [-0.2, 0) is 0 Å². The fraction of sp³-hybridized carbons (Fsp3) is 0.462. The van der Waals surface area contributed by atoms with Crippen LogP contribution in [0, 0.1) is 0 Å². The highest BCUT2D eigenvalue weighted by Crippen LogP contribution is 2.21. The average Bonchev–Trinajstić information content (AvgIpc) is 2.35. The molecule has 1 aromatic carbocycles. The van der Waals surface area contributed by atoms with Crippen LogP contribution in [0.4, 0.5) is 0 Å². The minimum atomic E-state index is -0.387. The molecule has 0 radical (unpaired) electrons.